The Balaban J connectivity index is 2.13. The number of para-hydroxylation sites is 1. The molecule has 2 aromatic rings. The molecular formula is C18H13BrO4. The molecule has 0 aromatic heterocycles. The second kappa shape index (κ2) is 6.30. The molecular weight excluding hydrogens is 360 g/mol. The molecule has 1 aliphatic heterocycles. The zero-order valence-electron chi connectivity index (χ0n) is 12.2. The molecule has 0 saturated carbocycles. The minimum absolute atomic E-state index is 0.144. The summed E-state index contributed by atoms with van der Waals surface area (Å²) in [7, 11) is 1.57. The van der Waals surface area contributed by atoms with E-state index in [0.29, 0.717) is 21.6 Å². The van der Waals surface area contributed by atoms with E-state index in [9.17, 15) is 9.90 Å². The molecule has 1 heterocycles. The number of carbonyl (C=O) groups excluding carboxylic acids is 1. The number of ether oxygens (including phenoxy) is 2. The van der Waals surface area contributed by atoms with Crippen molar-refractivity contribution in [3.63, 3.8) is 0 Å². The Morgan fingerprint density at radius 3 is 2.70 bits per heavy atom. The zero-order valence-corrected chi connectivity index (χ0v) is 13.8. The van der Waals surface area contributed by atoms with Crippen LogP contribution in [0.1, 0.15) is 11.1 Å². The lowest BCUT2D eigenvalue weighted by Crippen LogP contribution is -1.94. The Hall–Kier alpha value is -2.53. The van der Waals surface area contributed by atoms with E-state index in [1.807, 2.05) is 30.3 Å². The summed E-state index contributed by atoms with van der Waals surface area (Å²) < 4.78 is 11.1. The summed E-state index contributed by atoms with van der Waals surface area (Å²) in [4.78, 5) is 12.0. The van der Waals surface area contributed by atoms with Gasteiger partial charge in [-0.2, -0.15) is 0 Å². The molecule has 0 radical (unpaired) electrons. The molecule has 0 spiro atoms. The number of allylic oxidation sites excluding steroid dienone is 1. The van der Waals surface area contributed by atoms with Crippen LogP contribution in [0.25, 0.3) is 11.6 Å². The average Bonchev–Trinajstić information content (AvgIpc) is 2.81. The molecule has 0 unspecified atom stereocenters. The van der Waals surface area contributed by atoms with Gasteiger partial charge < -0.3 is 14.6 Å². The highest BCUT2D eigenvalue weighted by molar-refractivity contribution is 9.12. The molecule has 3 rings (SSSR count). The number of benzene rings is 2. The van der Waals surface area contributed by atoms with Gasteiger partial charge in [-0.25, -0.2) is 4.79 Å². The van der Waals surface area contributed by atoms with Crippen molar-refractivity contribution < 1.29 is 19.4 Å². The van der Waals surface area contributed by atoms with Gasteiger partial charge in [-0.15, -0.1) is 0 Å². The van der Waals surface area contributed by atoms with Gasteiger partial charge in [-0.1, -0.05) is 30.3 Å². The van der Waals surface area contributed by atoms with Gasteiger partial charge in [0.05, 0.1) is 7.11 Å². The van der Waals surface area contributed by atoms with Gasteiger partial charge in [0.25, 0.3) is 0 Å². The van der Waals surface area contributed by atoms with Crippen molar-refractivity contribution >= 4 is 33.5 Å². The van der Waals surface area contributed by atoms with Crippen molar-refractivity contribution in [3.05, 3.63) is 69.9 Å². The molecule has 1 aliphatic rings. The van der Waals surface area contributed by atoms with Crippen molar-refractivity contribution in [3.8, 4) is 11.5 Å². The van der Waals surface area contributed by atoms with Crippen LogP contribution in [-0.4, -0.2) is 18.2 Å². The van der Waals surface area contributed by atoms with Crippen LogP contribution in [-0.2, 0) is 9.53 Å². The highest BCUT2D eigenvalue weighted by atomic mass is 79.9. The fraction of sp³-hybridized carbons (Fsp3) is 0.0556. The Kier molecular flexibility index (Phi) is 4.21. The van der Waals surface area contributed by atoms with Gasteiger partial charge >= 0.3 is 5.97 Å². The number of aromatic hydroxyl groups is 1. The molecule has 5 heteroatoms. The van der Waals surface area contributed by atoms with Gasteiger partial charge in [0, 0.05) is 11.1 Å². The normalized spacial score (nSPS) is 15.9. The minimum atomic E-state index is -0.461. The van der Waals surface area contributed by atoms with Crippen molar-refractivity contribution in [1.29, 1.82) is 0 Å². The monoisotopic (exact) mass is 372 g/mol. The van der Waals surface area contributed by atoms with Gasteiger partial charge in [-0.3, -0.25) is 0 Å². The highest BCUT2D eigenvalue weighted by Crippen LogP contribution is 2.41. The second-order valence-electron chi connectivity index (χ2n) is 4.88. The predicted octanol–water partition coefficient (Wildman–Crippen LogP) is 4.10. The van der Waals surface area contributed by atoms with Crippen LogP contribution < -0.4 is 4.74 Å². The smallest absolute Gasteiger partial charge is 0.351 e. The molecule has 0 atom stereocenters. The number of halogens is 1. The highest BCUT2D eigenvalue weighted by Gasteiger charge is 2.30. The van der Waals surface area contributed by atoms with E-state index in [-0.39, 0.29) is 5.75 Å². The first-order valence-corrected chi connectivity index (χ1v) is 7.66. The molecule has 0 bridgehead atoms. The summed E-state index contributed by atoms with van der Waals surface area (Å²) in [5, 5.41) is 9.58. The Bertz CT molecular complexity index is 836. The number of rotatable bonds is 3. The minimum Gasteiger partial charge on any atom is -0.508 e. The summed E-state index contributed by atoms with van der Waals surface area (Å²) in [6, 6.07) is 14.1. The van der Waals surface area contributed by atoms with Crippen LogP contribution in [0, 0.1) is 0 Å². The van der Waals surface area contributed by atoms with E-state index < -0.39 is 5.97 Å². The summed E-state index contributed by atoms with van der Waals surface area (Å²) in [5.74, 6) is 0.722. The third kappa shape index (κ3) is 3.00. The fourth-order valence-corrected chi connectivity index (χ4v) is 2.87. The fourth-order valence-electron chi connectivity index (χ4n) is 2.38. The molecule has 0 fully saturated rings. The molecule has 2 aromatic carbocycles. The quantitative estimate of drug-likeness (QED) is 0.823. The van der Waals surface area contributed by atoms with Gasteiger partial charge in [0.1, 0.15) is 21.7 Å². The summed E-state index contributed by atoms with van der Waals surface area (Å²) in [5.41, 5.74) is 2.09. The summed E-state index contributed by atoms with van der Waals surface area (Å²) >= 11 is 3.30. The van der Waals surface area contributed by atoms with Gasteiger partial charge in [0.15, 0.2) is 0 Å². The number of cyclic esters (lactones) is 1. The molecule has 0 aliphatic carbocycles. The first-order valence-electron chi connectivity index (χ1n) is 6.86. The molecule has 23 heavy (non-hydrogen) atoms. The first kappa shape index (κ1) is 15.4. The second-order valence-corrected chi connectivity index (χ2v) is 5.68. The van der Waals surface area contributed by atoms with Crippen molar-refractivity contribution in [1.82, 2.24) is 0 Å². The largest absolute Gasteiger partial charge is 0.508 e. The third-order valence-corrected chi connectivity index (χ3v) is 4.11. The molecule has 116 valence electrons. The number of phenols is 1. The standard InChI is InChI=1S/C18H13BrO4/c1-22-14-8-3-2-7-13(14)16-15(23-18(21)17(16)19)10-11-5-4-6-12(20)9-11/h2-10,20H,1H3/b15-10-. The van der Waals surface area contributed by atoms with Crippen molar-refractivity contribution in [2.24, 2.45) is 0 Å². The first-order chi connectivity index (χ1) is 11.1. The van der Waals surface area contributed by atoms with E-state index in [1.54, 1.807) is 31.4 Å². The maximum absolute atomic E-state index is 12.0. The van der Waals surface area contributed by atoms with Crippen LogP contribution in [0.3, 0.4) is 0 Å². The Labute approximate surface area is 141 Å². The van der Waals surface area contributed by atoms with Crippen LogP contribution >= 0.6 is 15.9 Å². The number of hydrogen-bond donors (Lipinski definition) is 1. The van der Waals surface area contributed by atoms with E-state index in [2.05, 4.69) is 15.9 Å². The van der Waals surface area contributed by atoms with Crippen LogP contribution in [0.15, 0.2) is 58.8 Å². The van der Waals surface area contributed by atoms with Crippen molar-refractivity contribution in [2.45, 2.75) is 0 Å². The third-order valence-electron chi connectivity index (χ3n) is 3.39. The lowest BCUT2D eigenvalue weighted by atomic mass is 10.0. The molecule has 4 nitrogen and oxygen atoms in total. The number of hydrogen-bond acceptors (Lipinski definition) is 4. The maximum atomic E-state index is 12.0. The van der Waals surface area contributed by atoms with Gasteiger partial charge in [-0.05, 0) is 45.8 Å². The summed E-state index contributed by atoms with van der Waals surface area (Å²) in [6.07, 6.45) is 1.70. The lowest BCUT2D eigenvalue weighted by molar-refractivity contribution is -0.132. The molecule has 1 N–H and O–H groups in total. The maximum Gasteiger partial charge on any atom is 0.351 e. The zero-order chi connectivity index (χ0) is 16.4. The number of phenolic OH excluding ortho intramolecular Hbond substituents is 1. The molecule has 0 amide bonds. The van der Waals surface area contributed by atoms with Gasteiger partial charge in [0.2, 0.25) is 0 Å². The van der Waals surface area contributed by atoms with E-state index >= 15 is 0 Å². The number of esters is 1. The Morgan fingerprint density at radius 2 is 1.96 bits per heavy atom. The van der Waals surface area contributed by atoms with E-state index in [1.165, 1.54) is 0 Å². The molecule has 0 saturated heterocycles. The number of methoxy groups -OCH3 is 1. The average molecular weight is 373 g/mol. The van der Waals surface area contributed by atoms with Crippen molar-refractivity contribution in [2.75, 3.05) is 7.11 Å². The number of carbonyl (C=O) groups is 1. The van der Waals surface area contributed by atoms with Crippen LogP contribution in [0.4, 0.5) is 0 Å². The SMILES string of the molecule is COc1ccccc1C1=C(Br)C(=O)O/C1=C\c1cccc(O)c1. The summed E-state index contributed by atoms with van der Waals surface area (Å²) in [6.45, 7) is 0. The van der Waals surface area contributed by atoms with E-state index in [0.717, 1.165) is 11.1 Å². The van der Waals surface area contributed by atoms with Crippen LogP contribution in [0.2, 0.25) is 0 Å². The lowest BCUT2D eigenvalue weighted by Gasteiger charge is -2.10. The van der Waals surface area contributed by atoms with E-state index in [4.69, 9.17) is 9.47 Å². The predicted molar refractivity (Wildman–Crippen MR) is 91.0 cm³/mol. The van der Waals surface area contributed by atoms with Crippen LogP contribution in [0.5, 0.6) is 11.5 Å². The Morgan fingerprint density at radius 1 is 1.17 bits per heavy atom. The topological polar surface area (TPSA) is 55.8 Å².